The largest absolute Gasteiger partial charge is 0.356 e. The molecule has 0 radical (unpaired) electrons. The topological polar surface area (TPSA) is 75.3 Å². The van der Waals surface area contributed by atoms with Crippen molar-refractivity contribution in [3.63, 3.8) is 0 Å². The number of hydrogen-bond acceptors (Lipinski definition) is 3. The molecule has 2 N–H and O–H groups in total. The molecule has 0 saturated carbocycles. The molecule has 1 aromatic carbocycles. The Morgan fingerprint density at radius 2 is 1.89 bits per heavy atom. The van der Waals surface area contributed by atoms with E-state index < -0.39 is 16.1 Å². The zero-order chi connectivity index (χ0) is 14.5. The maximum Gasteiger partial charge on any atom is 0.221 e. The van der Waals surface area contributed by atoms with Crippen LogP contribution >= 0.6 is 11.6 Å². The van der Waals surface area contributed by atoms with Gasteiger partial charge in [-0.2, -0.15) is 0 Å². The van der Waals surface area contributed by atoms with Crippen LogP contribution in [-0.4, -0.2) is 27.1 Å². The van der Waals surface area contributed by atoms with Gasteiger partial charge in [0.15, 0.2) is 0 Å². The van der Waals surface area contributed by atoms with Crippen LogP contribution in [0.4, 0.5) is 0 Å². The fraction of sp³-hybridized carbons (Fsp3) is 0.417. The predicted molar refractivity (Wildman–Crippen MR) is 75.5 cm³/mol. The third-order valence-corrected chi connectivity index (χ3v) is 3.36. The van der Waals surface area contributed by atoms with Crippen molar-refractivity contribution < 1.29 is 13.2 Å². The molecule has 0 aliphatic carbocycles. The maximum absolute atomic E-state index is 11.6. The number of carbonyl (C=O) groups excluding carboxylic acids is 1. The Morgan fingerprint density at radius 1 is 1.32 bits per heavy atom. The van der Waals surface area contributed by atoms with Gasteiger partial charge in [-0.15, -0.1) is 0 Å². The van der Waals surface area contributed by atoms with Gasteiger partial charge in [0.25, 0.3) is 0 Å². The van der Waals surface area contributed by atoms with Gasteiger partial charge in [-0.25, -0.2) is 13.1 Å². The molecule has 0 spiro atoms. The Hall–Kier alpha value is -1.11. The van der Waals surface area contributed by atoms with Gasteiger partial charge >= 0.3 is 0 Å². The lowest BCUT2D eigenvalue weighted by molar-refractivity contribution is -0.121. The van der Waals surface area contributed by atoms with Crippen molar-refractivity contribution in [1.29, 1.82) is 0 Å². The summed E-state index contributed by atoms with van der Waals surface area (Å²) in [6.07, 6.45) is 1.11. The zero-order valence-corrected chi connectivity index (χ0v) is 12.4. The van der Waals surface area contributed by atoms with Crippen molar-refractivity contribution in [1.82, 2.24) is 10.0 Å². The van der Waals surface area contributed by atoms with E-state index in [-0.39, 0.29) is 12.3 Å². The van der Waals surface area contributed by atoms with Gasteiger partial charge in [0.2, 0.25) is 15.9 Å². The van der Waals surface area contributed by atoms with Crippen molar-refractivity contribution >= 4 is 27.5 Å². The van der Waals surface area contributed by atoms with Crippen LogP contribution in [0.25, 0.3) is 0 Å². The van der Waals surface area contributed by atoms with Crippen molar-refractivity contribution in [3.05, 3.63) is 34.9 Å². The molecule has 0 saturated heterocycles. The first-order valence-corrected chi connectivity index (χ1v) is 8.08. The molecule has 0 fully saturated rings. The number of carbonyl (C=O) groups is 1. The van der Waals surface area contributed by atoms with Crippen molar-refractivity contribution in [2.75, 3.05) is 12.8 Å². The normalized spacial score (nSPS) is 13.0. The lowest BCUT2D eigenvalue weighted by atomic mass is 10.0. The van der Waals surface area contributed by atoms with Crippen LogP contribution in [0, 0.1) is 0 Å². The standard InChI is InChI=1S/C12H17ClN2O3S/c1-3-14-12(16)8-11(15-19(2,17)18)9-4-6-10(13)7-5-9/h4-7,11,15H,3,8H2,1-2H3,(H,14,16)/t11-/m0/s1. The van der Waals surface area contributed by atoms with E-state index in [9.17, 15) is 13.2 Å². The van der Waals surface area contributed by atoms with E-state index in [0.717, 1.165) is 6.26 Å². The summed E-state index contributed by atoms with van der Waals surface area (Å²) in [5.41, 5.74) is 0.695. The summed E-state index contributed by atoms with van der Waals surface area (Å²) in [4.78, 5) is 11.6. The summed E-state index contributed by atoms with van der Waals surface area (Å²) in [5, 5.41) is 3.20. The Labute approximate surface area is 118 Å². The third kappa shape index (κ3) is 6.04. The lowest BCUT2D eigenvalue weighted by Gasteiger charge is -2.17. The van der Waals surface area contributed by atoms with Crippen LogP contribution in [-0.2, 0) is 14.8 Å². The molecular formula is C12H17ClN2O3S. The molecule has 1 rings (SSSR count). The average molecular weight is 305 g/mol. The van der Waals surface area contributed by atoms with E-state index in [1.54, 1.807) is 31.2 Å². The van der Waals surface area contributed by atoms with Crippen LogP contribution < -0.4 is 10.0 Å². The number of benzene rings is 1. The highest BCUT2D eigenvalue weighted by molar-refractivity contribution is 7.88. The Kier molecular flexibility index (Phi) is 5.78. The number of amides is 1. The van der Waals surface area contributed by atoms with Crippen LogP contribution in [0.3, 0.4) is 0 Å². The smallest absolute Gasteiger partial charge is 0.221 e. The lowest BCUT2D eigenvalue weighted by Crippen LogP contribution is -2.33. The number of hydrogen-bond donors (Lipinski definition) is 2. The van der Waals surface area contributed by atoms with Crippen LogP contribution in [0.2, 0.25) is 5.02 Å². The fourth-order valence-electron chi connectivity index (χ4n) is 1.64. The van der Waals surface area contributed by atoms with Crippen molar-refractivity contribution in [2.45, 2.75) is 19.4 Å². The van der Waals surface area contributed by atoms with E-state index in [1.165, 1.54) is 0 Å². The first-order chi connectivity index (χ1) is 8.81. The molecule has 1 aromatic rings. The quantitative estimate of drug-likeness (QED) is 0.835. The van der Waals surface area contributed by atoms with Gasteiger partial charge < -0.3 is 5.32 Å². The van der Waals surface area contributed by atoms with E-state index in [2.05, 4.69) is 10.0 Å². The molecule has 0 heterocycles. The number of rotatable bonds is 6. The minimum atomic E-state index is -3.41. The second-order valence-electron chi connectivity index (χ2n) is 4.15. The Balaban J connectivity index is 2.91. The summed E-state index contributed by atoms with van der Waals surface area (Å²) in [5.74, 6) is -0.210. The van der Waals surface area contributed by atoms with Gasteiger partial charge in [-0.05, 0) is 24.6 Å². The minimum Gasteiger partial charge on any atom is -0.356 e. The zero-order valence-electron chi connectivity index (χ0n) is 10.8. The van der Waals surface area contributed by atoms with Gasteiger partial charge in [0, 0.05) is 18.0 Å². The second-order valence-corrected chi connectivity index (χ2v) is 6.37. The number of halogens is 1. The summed E-state index contributed by atoms with van der Waals surface area (Å²) in [6.45, 7) is 2.31. The molecule has 1 amide bonds. The number of sulfonamides is 1. The highest BCUT2D eigenvalue weighted by Gasteiger charge is 2.19. The summed E-state index contributed by atoms with van der Waals surface area (Å²) in [7, 11) is -3.41. The molecular weight excluding hydrogens is 288 g/mol. The maximum atomic E-state index is 11.6. The van der Waals surface area contributed by atoms with Crippen molar-refractivity contribution in [2.24, 2.45) is 0 Å². The molecule has 1 atom stereocenters. The Morgan fingerprint density at radius 3 is 2.37 bits per heavy atom. The Bertz CT molecular complexity index is 528. The molecule has 0 aliphatic rings. The fourth-order valence-corrected chi connectivity index (χ4v) is 2.50. The molecule has 5 nitrogen and oxygen atoms in total. The molecule has 19 heavy (non-hydrogen) atoms. The highest BCUT2D eigenvalue weighted by Crippen LogP contribution is 2.20. The van der Waals surface area contributed by atoms with E-state index >= 15 is 0 Å². The molecule has 0 unspecified atom stereocenters. The number of nitrogens with one attached hydrogen (secondary N) is 2. The van der Waals surface area contributed by atoms with Gasteiger partial charge in [-0.3, -0.25) is 4.79 Å². The van der Waals surface area contributed by atoms with Crippen LogP contribution in [0.1, 0.15) is 24.9 Å². The third-order valence-electron chi connectivity index (χ3n) is 2.39. The van der Waals surface area contributed by atoms with Gasteiger partial charge in [0.05, 0.1) is 12.3 Å². The first kappa shape index (κ1) is 15.9. The van der Waals surface area contributed by atoms with E-state index in [0.29, 0.717) is 17.1 Å². The summed E-state index contributed by atoms with van der Waals surface area (Å²) in [6, 6.07) is 6.12. The molecule has 7 heteroatoms. The van der Waals surface area contributed by atoms with Gasteiger partial charge in [-0.1, -0.05) is 23.7 Å². The molecule has 0 bridgehead atoms. The SMILES string of the molecule is CCNC(=O)C[C@H](NS(C)(=O)=O)c1ccc(Cl)cc1. The molecule has 0 aliphatic heterocycles. The average Bonchev–Trinajstić information content (AvgIpc) is 2.27. The second kappa shape index (κ2) is 6.88. The minimum absolute atomic E-state index is 0.0442. The van der Waals surface area contributed by atoms with Crippen LogP contribution in [0.5, 0.6) is 0 Å². The molecule has 106 valence electrons. The summed E-state index contributed by atoms with van der Waals surface area (Å²) < 4.78 is 25.2. The summed E-state index contributed by atoms with van der Waals surface area (Å²) >= 11 is 5.79. The highest BCUT2D eigenvalue weighted by atomic mass is 35.5. The van der Waals surface area contributed by atoms with E-state index in [4.69, 9.17) is 11.6 Å². The van der Waals surface area contributed by atoms with Crippen LogP contribution in [0.15, 0.2) is 24.3 Å². The first-order valence-electron chi connectivity index (χ1n) is 5.81. The molecule has 0 aromatic heterocycles. The van der Waals surface area contributed by atoms with Gasteiger partial charge in [0.1, 0.15) is 0 Å². The monoisotopic (exact) mass is 304 g/mol. The van der Waals surface area contributed by atoms with Crippen molar-refractivity contribution in [3.8, 4) is 0 Å². The van der Waals surface area contributed by atoms with E-state index in [1.807, 2.05) is 0 Å². The predicted octanol–water partition coefficient (Wildman–Crippen LogP) is 1.46.